The molecule has 1 aromatic rings. The second-order valence-electron chi connectivity index (χ2n) is 5.34. The van der Waals surface area contributed by atoms with E-state index in [-0.39, 0.29) is 18.3 Å². The maximum Gasteiger partial charge on any atom is 0.234 e. The monoisotopic (exact) mass is 280 g/mol. The summed E-state index contributed by atoms with van der Waals surface area (Å²) in [6, 6.07) is 0. The van der Waals surface area contributed by atoms with Gasteiger partial charge in [0.2, 0.25) is 11.8 Å². The summed E-state index contributed by atoms with van der Waals surface area (Å²) in [5.41, 5.74) is 4.78. The molecule has 1 heterocycles. The molecule has 20 heavy (non-hydrogen) atoms. The molecule has 7 nitrogen and oxygen atoms in total. The summed E-state index contributed by atoms with van der Waals surface area (Å²) in [5.74, 6) is 1.33. The first-order valence-electron chi connectivity index (χ1n) is 6.71. The number of hydrogen-bond acceptors (Lipinski definition) is 5. The van der Waals surface area contributed by atoms with E-state index in [0.717, 1.165) is 12.2 Å². The average molecular weight is 280 g/mol. The van der Waals surface area contributed by atoms with E-state index in [1.54, 1.807) is 6.20 Å². The lowest BCUT2D eigenvalue weighted by Gasteiger charge is -2.43. The van der Waals surface area contributed by atoms with Crippen LogP contribution in [0.3, 0.4) is 0 Å². The van der Waals surface area contributed by atoms with Crippen LogP contribution >= 0.6 is 0 Å². The Balaban J connectivity index is 1.99. The zero-order chi connectivity index (χ0) is 14.8. The minimum atomic E-state index is -0.894. The fraction of sp³-hybridized carbons (Fsp3) is 0.615. The number of rotatable bonds is 5. The van der Waals surface area contributed by atoms with Crippen LogP contribution in [0.4, 0.5) is 0 Å². The number of oxime groups is 1. The third kappa shape index (κ3) is 2.48. The highest BCUT2D eigenvalue weighted by Crippen LogP contribution is 2.45. The van der Waals surface area contributed by atoms with Crippen LogP contribution in [0, 0.1) is 11.3 Å². The standard InChI is InChI=1S/C13H20N4O3/c1-3-9-6-15-10(20-9)7-16-12(18)13(11(14)17-19)4-8(2)5-13/h6,8,19H,3-5,7H2,1-2H3,(H2,14,17)(H,16,18). The Bertz CT molecular complexity index is 517. The fourth-order valence-electron chi connectivity index (χ4n) is 2.65. The Morgan fingerprint density at radius 3 is 2.90 bits per heavy atom. The molecule has 1 aliphatic carbocycles. The van der Waals surface area contributed by atoms with Gasteiger partial charge < -0.3 is 20.7 Å². The highest BCUT2D eigenvalue weighted by molar-refractivity contribution is 6.07. The van der Waals surface area contributed by atoms with Gasteiger partial charge in [0, 0.05) is 6.42 Å². The number of hydrogen-bond donors (Lipinski definition) is 3. The number of nitrogens with two attached hydrogens (primary N) is 1. The summed E-state index contributed by atoms with van der Waals surface area (Å²) < 4.78 is 5.42. The molecule has 2 rings (SSSR count). The van der Waals surface area contributed by atoms with Gasteiger partial charge in [0.05, 0.1) is 12.7 Å². The number of carbonyl (C=O) groups excluding carboxylic acids is 1. The molecule has 0 radical (unpaired) electrons. The summed E-state index contributed by atoms with van der Waals surface area (Å²) in [4.78, 5) is 16.4. The normalized spacial score (nSPS) is 26.1. The molecule has 1 aliphatic rings. The van der Waals surface area contributed by atoms with E-state index in [9.17, 15) is 4.79 Å². The molecule has 0 aliphatic heterocycles. The van der Waals surface area contributed by atoms with Gasteiger partial charge in [-0.3, -0.25) is 4.79 Å². The molecule has 0 spiro atoms. The van der Waals surface area contributed by atoms with Crippen LogP contribution in [0.1, 0.15) is 38.3 Å². The first-order chi connectivity index (χ1) is 9.51. The van der Waals surface area contributed by atoms with Crippen molar-refractivity contribution < 1.29 is 14.4 Å². The van der Waals surface area contributed by atoms with Crippen LogP contribution < -0.4 is 11.1 Å². The van der Waals surface area contributed by atoms with Crippen molar-refractivity contribution in [1.82, 2.24) is 10.3 Å². The van der Waals surface area contributed by atoms with E-state index < -0.39 is 5.41 Å². The SMILES string of the molecule is CCc1cnc(CNC(=O)C2(C(N)=NO)CC(C)C2)o1. The molecule has 7 heteroatoms. The Kier molecular flexibility index (Phi) is 3.96. The van der Waals surface area contributed by atoms with Gasteiger partial charge >= 0.3 is 0 Å². The Labute approximate surface area is 117 Å². The van der Waals surface area contributed by atoms with Crippen molar-refractivity contribution in [3.8, 4) is 0 Å². The molecule has 1 fully saturated rings. The van der Waals surface area contributed by atoms with Gasteiger partial charge in [0.1, 0.15) is 11.2 Å². The van der Waals surface area contributed by atoms with Gasteiger partial charge in [-0.2, -0.15) is 0 Å². The molecular weight excluding hydrogens is 260 g/mol. The van der Waals surface area contributed by atoms with Gasteiger partial charge in [0.25, 0.3) is 0 Å². The molecular formula is C13H20N4O3. The smallest absolute Gasteiger partial charge is 0.234 e. The highest BCUT2D eigenvalue weighted by Gasteiger charge is 2.52. The third-order valence-electron chi connectivity index (χ3n) is 3.78. The maximum absolute atomic E-state index is 12.3. The van der Waals surface area contributed by atoms with Crippen LogP contribution in [0.5, 0.6) is 0 Å². The first kappa shape index (κ1) is 14.4. The van der Waals surface area contributed by atoms with Gasteiger partial charge in [-0.05, 0) is 18.8 Å². The number of aromatic nitrogens is 1. The highest BCUT2D eigenvalue weighted by atomic mass is 16.4. The lowest BCUT2D eigenvalue weighted by atomic mass is 9.61. The third-order valence-corrected chi connectivity index (χ3v) is 3.78. The van der Waals surface area contributed by atoms with Crippen LogP contribution in [0.2, 0.25) is 0 Å². The van der Waals surface area contributed by atoms with Crippen LogP contribution in [0.25, 0.3) is 0 Å². The quantitative estimate of drug-likeness (QED) is 0.322. The van der Waals surface area contributed by atoms with Crippen LogP contribution in [0.15, 0.2) is 15.8 Å². The molecule has 1 aromatic heterocycles. The molecule has 0 aromatic carbocycles. The Morgan fingerprint density at radius 1 is 1.70 bits per heavy atom. The summed E-state index contributed by atoms with van der Waals surface area (Å²) in [6.07, 6.45) is 3.57. The average Bonchev–Trinajstić information content (AvgIpc) is 2.88. The van der Waals surface area contributed by atoms with Crippen molar-refractivity contribution in [2.75, 3.05) is 0 Å². The second-order valence-corrected chi connectivity index (χ2v) is 5.34. The number of oxazole rings is 1. The fourth-order valence-corrected chi connectivity index (χ4v) is 2.65. The number of amidine groups is 1. The van der Waals surface area contributed by atoms with Crippen molar-refractivity contribution in [2.45, 2.75) is 39.7 Å². The van der Waals surface area contributed by atoms with E-state index in [1.165, 1.54) is 0 Å². The second kappa shape index (κ2) is 5.52. The number of aryl methyl sites for hydroxylation is 1. The molecule has 1 amide bonds. The van der Waals surface area contributed by atoms with Gasteiger partial charge in [-0.25, -0.2) is 4.98 Å². The predicted octanol–water partition coefficient (Wildman–Crippen LogP) is 1.02. The molecule has 0 bridgehead atoms. The van der Waals surface area contributed by atoms with Crippen molar-refractivity contribution in [2.24, 2.45) is 22.2 Å². The number of nitrogens with one attached hydrogen (secondary N) is 1. The number of carbonyl (C=O) groups is 1. The molecule has 0 atom stereocenters. The molecule has 1 saturated carbocycles. The molecule has 110 valence electrons. The summed E-state index contributed by atoms with van der Waals surface area (Å²) in [7, 11) is 0. The van der Waals surface area contributed by atoms with Crippen molar-refractivity contribution in [3.05, 3.63) is 17.8 Å². The van der Waals surface area contributed by atoms with Crippen molar-refractivity contribution in [3.63, 3.8) is 0 Å². The number of nitrogens with zero attached hydrogens (tertiary/aromatic N) is 2. The van der Waals surface area contributed by atoms with Crippen molar-refractivity contribution >= 4 is 11.7 Å². The van der Waals surface area contributed by atoms with E-state index >= 15 is 0 Å². The lowest BCUT2D eigenvalue weighted by Crippen LogP contribution is -2.56. The minimum Gasteiger partial charge on any atom is -0.444 e. The summed E-state index contributed by atoms with van der Waals surface area (Å²) in [5, 5.41) is 14.6. The van der Waals surface area contributed by atoms with E-state index in [4.69, 9.17) is 15.4 Å². The molecule has 4 N–H and O–H groups in total. The van der Waals surface area contributed by atoms with Gasteiger partial charge in [-0.1, -0.05) is 19.0 Å². The van der Waals surface area contributed by atoms with Gasteiger partial charge in [0.15, 0.2) is 5.84 Å². The van der Waals surface area contributed by atoms with Crippen LogP contribution in [-0.2, 0) is 17.8 Å². The van der Waals surface area contributed by atoms with E-state index in [0.29, 0.717) is 24.7 Å². The zero-order valence-electron chi connectivity index (χ0n) is 11.7. The molecule has 0 unspecified atom stereocenters. The summed E-state index contributed by atoms with van der Waals surface area (Å²) in [6.45, 7) is 4.19. The van der Waals surface area contributed by atoms with E-state index in [2.05, 4.69) is 15.5 Å². The van der Waals surface area contributed by atoms with Crippen molar-refractivity contribution in [1.29, 1.82) is 0 Å². The minimum absolute atomic E-state index is 0.0326. The topological polar surface area (TPSA) is 114 Å². The molecule has 0 saturated heterocycles. The first-order valence-corrected chi connectivity index (χ1v) is 6.71. The Hall–Kier alpha value is -2.05. The predicted molar refractivity (Wildman–Crippen MR) is 72.0 cm³/mol. The Morgan fingerprint density at radius 2 is 2.40 bits per heavy atom. The maximum atomic E-state index is 12.3. The van der Waals surface area contributed by atoms with Gasteiger partial charge in [-0.15, -0.1) is 0 Å². The largest absolute Gasteiger partial charge is 0.444 e. The summed E-state index contributed by atoms with van der Waals surface area (Å²) >= 11 is 0. The van der Waals surface area contributed by atoms with Crippen LogP contribution in [-0.4, -0.2) is 21.9 Å². The van der Waals surface area contributed by atoms with E-state index in [1.807, 2.05) is 13.8 Å². The lowest BCUT2D eigenvalue weighted by molar-refractivity contribution is -0.133. The number of amides is 1. The zero-order valence-corrected chi connectivity index (χ0v) is 11.7.